The molecule has 2 aromatic carbocycles. The van der Waals surface area contributed by atoms with Crippen molar-refractivity contribution in [3.8, 4) is 17.2 Å². The molecule has 2 rings (SSSR count). The summed E-state index contributed by atoms with van der Waals surface area (Å²) in [7, 11) is 1.60. The van der Waals surface area contributed by atoms with Crippen LogP contribution in [0.15, 0.2) is 54.6 Å². The van der Waals surface area contributed by atoms with Crippen molar-refractivity contribution in [2.24, 2.45) is 0 Å². The molecule has 0 heterocycles. The summed E-state index contributed by atoms with van der Waals surface area (Å²) in [6.45, 7) is 0. The number of benzene rings is 2. The van der Waals surface area contributed by atoms with Crippen molar-refractivity contribution in [2.45, 2.75) is 0 Å². The Bertz CT molecular complexity index is 615. The van der Waals surface area contributed by atoms with Crippen LogP contribution in [0.2, 0.25) is 0 Å². The highest BCUT2D eigenvalue weighted by molar-refractivity contribution is 5.85. The van der Waals surface area contributed by atoms with Crippen molar-refractivity contribution in [1.29, 1.82) is 0 Å². The summed E-state index contributed by atoms with van der Waals surface area (Å²) in [6.07, 6.45) is 2.62. The van der Waals surface area contributed by atoms with Gasteiger partial charge in [0.1, 0.15) is 17.2 Å². The number of carbonyl (C=O) groups is 1. The third-order valence-electron chi connectivity index (χ3n) is 2.58. The lowest BCUT2D eigenvalue weighted by Gasteiger charge is -2.07. The van der Waals surface area contributed by atoms with Crippen molar-refractivity contribution in [2.75, 3.05) is 7.11 Å². The molecule has 0 unspecified atom stereocenters. The molecular formula is C16H14O4. The minimum atomic E-state index is -0.971. The lowest BCUT2D eigenvalue weighted by atomic mass is 10.2. The monoisotopic (exact) mass is 270 g/mol. The Hall–Kier alpha value is -2.75. The molecule has 0 saturated heterocycles. The average Bonchev–Trinajstić information content (AvgIpc) is 2.47. The van der Waals surface area contributed by atoms with Crippen LogP contribution < -0.4 is 9.47 Å². The van der Waals surface area contributed by atoms with Crippen LogP contribution in [-0.2, 0) is 4.79 Å². The van der Waals surface area contributed by atoms with Crippen LogP contribution in [-0.4, -0.2) is 18.2 Å². The second-order valence-electron chi connectivity index (χ2n) is 4.02. The van der Waals surface area contributed by atoms with Gasteiger partial charge in [0.15, 0.2) is 0 Å². The second-order valence-corrected chi connectivity index (χ2v) is 4.02. The molecule has 2 aromatic rings. The maximum Gasteiger partial charge on any atom is 0.328 e. The Balaban J connectivity index is 2.08. The number of carboxylic acids is 1. The van der Waals surface area contributed by atoms with Gasteiger partial charge in [0.2, 0.25) is 0 Å². The number of hydrogen-bond donors (Lipinski definition) is 1. The first-order chi connectivity index (χ1) is 9.67. The first-order valence-corrected chi connectivity index (χ1v) is 6.00. The van der Waals surface area contributed by atoms with E-state index >= 15 is 0 Å². The van der Waals surface area contributed by atoms with Crippen LogP contribution in [0.3, 0.4) is 0 Å². The van der Waals surface area contributed by atoms with Gasteiger partial charge < -0.3 is 14.6 Å². The molecule has 0 aromatic heterocycles. The van der Waals surface area contributed by atoms with Gasteiger partial charge in [-0.25, -0.2) is 4.79 Å². The van der Waals surface area contributed by atoms with E-state index in [1.807, 2.05) is 18.2 Å². The van der Waals surface area contributed by atoms with Crippen LogP contribution in [0.5, 0.6) is 17.2 Å². The van der Waals surface area contributed by atoms with Crippen LogP contribution in [0.4, 0.5) is 0 Å². The first kappa shape index (κ1) is 13.7. The SMILES string of the molecule is COc1cccc(Oc2ccc(C=CC(=O)O)cc2)c1. The van der Waals surface area contributed by atoms with E-state index in [2.05, 4.69) is 0 Å². The Labute approximate surface area is 116 Å². The fourth-order valence-corrected chi connectivity index (χ4v) is 1.62. The molecule has 1 N–H and O–H groups in total. The van der Waals surface area contributed by atoms with E-state index in [4.69, 9.17) is 14.6 Å². The molecule has 0 atom stereocenters. The van der Waals surface area contributed by atoms with Crippen molar-refractivity contribution < 1.29 is 19.4 Å². The summed E-state index contributed by atoms with van der Waals surface area (Å²) in [4.78, 5) is 10.4. The summed E-state index contributed by atoms with van der Waals surface area (Å²) < 4.78 is 10.8. The Kier molecular flexibility index (Phi) is 4.39. The van der Waals surface area contributed by atoms with E-state index in [1.165, 1.54) is 6.08 Å². The lowest BCUT2D eigenvalue weighted by molar-refractivity contribution is -0.131. The van der Waals surface area contributed by atoms with Gasteiger partial charge in [-0.15, -0.1) is 0 Å². The van der Waals surface area contributed by atoms with E-state index < -0.39 is 5.97 Å². The summed E-state index contributed by atoms with van der Waals surface area (Å²) in [6, 6.07) is 14.4. The number of carboxylic acid groups (broad SMARTS) is 1. The zero-order chi connectivity index (χ0) is 14.4. The molecule has 102 valence electrons. The van der Waals surface area contributed by atoms with Gasteiger partial charge in [-0.3, -0.25) is 0 Å². The van der Waals surface area contributed by atoms with Gasteiger partial charge in [-0.1, -0.05) is 18.2 Å². The fraction of sp³-hybridized carbons (Fsp3) is 0.0625. The number of rotatable bonds is 5. The van der Waals surface area contributed by atoms with Crippen molar-refractivity contribution in [3.05, 3.63) is 60.2 Å². The van der Waals surface area contributed by atoms with Gasteiger partial charge in [-0.2, -0.15) is 0 Å². The number of aliphatic carboxylic acids is 1. The minimum absolute atomic E-state index is 0.672. The number of hydrogen-bond acceptors (Lipinski definition) is 3. The third kappa shape index (κ3) is 3.88. The molecule has 0 saturated carbocycles. The first-order valence-electron chi connectivity index (χ1n) is 6.00. The van der Waals surface area contributed by atoms with E-state index in [-0.39, 0.29) is 0 Å². The highest BCUT2D eigenvalue weighted by Gasteiger charge is 1.99. The summed E-state index contributed by atoms with van der Waals surface area (Å²) in [5, 5.41) is 8.55. The number of methoxy groups -OCH3 is 1. The molecule has 0 spiro atoms. The van der Waals surface area contributed by atoms with Crippen LogP contribution >= 0.6 is 0 Å². The highest BCUT2D eigenvalue weighted by atomic mass is 16.5. The average molecular weight is 270 g/mol. The molecule has 0 aliphatic rings. The molecule has 4 nitrogen and oxygen atoms in total. The topological polar surface area (TPSA) is 55.8 Å². The molecule has 0 radical (unpaired) electrons. The molecule has 0 aliphatic carbocycles. The largest absolute Gasteiger partial charge is 0.497 e. The third-order valence-corrected chi connectivity index (χ3v) is 2.58. The zero-order valence-electron chi connectivity index (χ0n) is 10.9. The van der Waals surface area contributed by atoms with E-state index in [1.54, 1.807) is 37.4 Å². The molecule has 0 amide bonds. The van der Waals surface area contributed by atoms with Gasteiger partial charge in [-0.05, 0) is 35.9 Å². The normalized spacial score (nSPS) is 10.4. The van der Waals surface area contributed by atoms with Gasteiger partial charge >= 0.3 is 5.97 Å². The van der Waals surface area contributed by atoms with E-state index in [0.29, 0.717) is 11.5 Å². The van der Waals surface area contributed by atoms with Gasteiger partial charge in [0.05, 0.1) is 7.11 Å². The second kappa shape index (κ2) is 6.43. The summed E-state index contributed by atoms with van der Waals surface area (Å²) >= 11 is 0. The van der Waals surface area contributed by atoms with Crippen LogP contribution in [0.25, 0.3) is 6.08 Å². The molecule has 20 heavy (non-hydrogen) atoms. The summed E-state index contributed by atoms with van der Waals surface area (Å²) in [5.41, 5.74) is 0.797. The quantitative estimate of drug-likeness (QED) is 0.844. The summed E-state index contributed by atoms with van der Waals surface area (Å²) in [5.74, 6) is 1.11. The molecular weight excluding hydrogens is 256 g/mol. The molecule has 0 fully saturated rings. The molecule has 0 aliphatic heterocycles. The van der Waals surface area contributed by atoms with Gasteiger partial charge in [0, 0.05) is 12.1 Å². The smallest absolute Gasteiger partial charge is 0.328 e. The van der Waals surface area contributed by atoms with Crippen molar-refractivity contribution >= 4 is 12.0 Å². The van der Waals surface area contributed by atoms with Crippen molar-refractivity contribution in [3.63, 3.8) is 0 Å². The predicted octanol–water partition coefficient (Wildman–Crippen LogP) is 3.59. The number of ether oxygens (including phenoxy) is 2. The highest BCUT2D eigenvalue weighted by Crippen LogP contribution is 2.25. The predicted molar refractivity (Wildman–Crippen MR) is 76.2 cm³/mol. The maximum absolute atomic E-state index is 10.4. The molecule has 4 heteroatoms. The Morgan fingerprint density at radius 1 is 1.05 bits per heavy atom. The maximum atomic E-state index is 10.4. The Morgan fingerprint density at radius 2 is 1.75 bits per heavy atom. The van der Waals surface area contributed by atoms with Gasteiger partial charge in [0.25, 0.3) is 0 Å². The minimum Gasteiger partial charge on any atom is -0.497 e. The fourth-order valence-electron chi connectivity index (χ4n) is 1.62. The van der Waals surface area contributed by atoms with Crippen molar-refractivity contribution in [1.82, 2.24) is 0 Å². The zero-order valence-corrected chi connectivity index (χ0v) is 10.9. The lowest BCUT2D eigenvalue weighted by Crippen LogP contribution is -1.87. The van der Waals surface area contributed by atoms with Crippen LogP contribution in [0, 0.1) is 0 Å². The molecule has 0 bridgehead atoms. The standard InChI is InChI=1S/C16H14O4/c1-19-14-3-2-4-15(11-14)20-13-8-5-12(6-9-13)7-10-16(17)18/h2-11H,1H3,(H,17,18). The Morgan fingerprint density at radius 3 is 2.40 bits per heavy atom. The van der Waals surface area contributed by atoms with E-state index in [9.17, 15) is 4.79 Å². The van der Waals surface area contributed by atoms with E-state index in [0.717, 1.165) is 17.4 Å². The van der Waals surface area contributed by atoms with Crippen LogP contribution in [0.1, 0.15) is 5.56 Å².